The molecule has 0 aromatic heterocycles. The van der Waals surface area contributed by atoms with Crippen molar-refractivity contribution < 1.29 is 28.9 Å². The highest BCUT2D eigenvalue weighted by atomic mass is 16.5. The molecule has 0 radical (unpaired) electrons. The Labute approximate surface area is 175 Å². The maximum absolute atomic E-state index is 12.5. The molecular weight excluding hydrogens is 374 g/mol. The van der Waals surface area contributed by atoms with Crippen LogP contribution in [0.1, 0.15) is 59.4 Å². The van der Waals surface area contributed by atoms with Gasteiger partial charge in [0.15, 0.2) is 11.5 Å². The van der Waals surface area contributed by atoms with Crippen LogP contribution >= 0.6 is 0 Å². The lowest BCUT2D eigenvalue weighted by molar-refractivity contribution is -0.133. The van der Waals surface area contributed by atoms with Crippen LogP contribution in [0.4, 0.5) is 0 Å². The Bertz CT molecular complexity index is 551. The average Bonchev–Trinajstić information content (AvgIpc) is 2.76. The van der Waals surface area contributed by atoms with E-state index in [9.17, 15) is 4.79 Å². The molecule has 0 spiro atoms. The van der Waals surface area contributed by atoms with Gasteiger partial charge in [0, 0.05) is 12.6 Å². The Kier molecular flexibility index (Phi) is 17.5. The van der Waals surface area contributed by atoms with Gasteiger partial charge in [-0.1, -0.05) is 27.7 Å². The van der Waals surface area contributed by atoms with Crippen LogP contribution in [0.3, 0.4) is 0 Å². The Morgan fingerprint density at radius 1 is 1.07 bits per heavy atom. The Hall–Kier alpha value is -2.44. The van der Waals surface area contributed by atoms with E-state index in [0.717, 1.165) is 24.9 Å². The summed E-state index contributed by atoms with van der Waals surface area (Å²) >= 11 is 0. The Morgan fingerprint density at radius 3 is 1.93 bits per heavy atom. The highest BCUT2D eigenvalue weighted by Gasteiger charge is 2.24. The first-order chi connectivity index (χ1) is 14.0. The Balaban J connectivity index is 0. The lowest BCUT2D eigenvalue weighted by Gasteiger charge is -2.33. The third-order valence-corrected chi connectivity index (χ3v) is 4.20. The summed E-state index contributed by atoms with van der Waals surface area (Å²) in [6, 6.07) is 4.00. The molecule has 1 N–H and O–H groups in total. The number of methoxy groups -OCH3 is 3. The van der Waals surface area contributed by atoms with E-state index in [4.69, 9.17) is 24.1 Å². The van der Waals surface area contributed by atoms with E-state index in [-0.39, 0.29) is 12.4 Å². The van der Waals surface area contributed by atoms with E-state index in [0.29, 0.717) is 29.7 Å². The van der Waals surface area contributed by atoms with E-state index >= 15 is 0 Å². The van der Waals surface area contributed by atoms with Gasteiger partial charge in [-0.25, -0.2) is 0 Å². The third kappa shape index (κ3) is 9.54. The summed E-state index contributed by atoms with van der Waals surface area (Å²) < 4.78 is 16.0. The van der Waals surface area contributed by atoms with Gasteiger partial charge >= 0.3 is 0 Å². The van der Waals surface area contributed by atoms with Crippen LogP contribution < -0.4 is 14.2 Å². The third-order valence-electron chi connectivity index (χ3n) is 4.20. The van der Waals surface area contributed by atoms with Crippen molar-refractivity contribution in [3.05, 3.63) is 17.7 Å². The van der Waals surface area contributed by atoms with E-state index in [1.807, 2.05) is 44.7 Å². The zero-order valence-electron chi connectivity index (χ0n) is 19.3. The molecule has 1 aliphatic rings. The molecule has 1 aromatic carbocycles. The summed E-state index contributed by atoms with van der Waals surface area (Å²) in [6.45, 7) is 10.7. The predicted octanol–water partition coefficient (Wildman–Crippen LogP) is 4.41. The van der Waals surface area contributed by atoms with Crippen LogP contribution in [0.25, 0.3) is 0 Å². The van der Waals surface area contributed by atoms with Crippen molar-refractivity contribution in [1.29, 1.82) is 0 Å². The lowest BCUT2D eigenvalue weighted by atomic mass is 10.0. The number of carboxylic acid groups (broad SMARTS) is 1. The van der Waals surface area contributed by atoms with Crippen molar-refractivity contribution in [3.63, 3.8) is 0 Å². The topological polar surface area (TPSA) is 85.3 Å². The molecule has 2 rings (SSSR count). The minimum atomic E-state index is -0.250. The lowest BCUT2D eigenvalue weighted by Crippen LogP contribution is -2.42. The number of benzene rings is 1. The second-order valence-corrected chi connectivity index (χ2v) is 5.75. The first kappa shape index (κ1) is 28.8. The van der Waals surface area contributed by atoms with Gasteiger partial charge in [-0.3, -0.25) is 9.59 Å². The number of hydrogen-bond donors (Lipinski definition) is 1. The van der Waals surface area contributed by atoms with Gasteiger partial charge in [0.1, 0.15) is 0 Å². The van der Waals surface area contributed by atoms with Crippen LogP contribution in [-0.4, -0.2) is 56.3 Å². The summed E-state index contributed by atoms with van der Waals surface area (Å²) in [6.07, 6.45) is 3.72. The number of piperidine rings is 1. The SMILES string of the molecule is CC.CC.COc1cc(CC(=O)N2CCCCC2C)cc(OC)c1OC.O=CO. The molecule has 1 amide bonds. The molecule has 168 valence electrons. The van der Waals surface area contributed by atoms with Gasteiger partial charge in [-0.2, -0.15) is 0 Å². The van der Waals surface area contributed by atoms with Crippen molar-refractivity contribution >= 4 is 12.4 Å². The highest BCUT2D eigenvalue weighted by Crippen LogP contribution is 2.38. The van der Waals surface area contributed by atoms with Gasteiger partial charge in [-0.05, 0) is 43.9 Å². The molecule has 1 atom stereocenters. The van der Waals surface area contributed by atoms with Gasteiger partial charge < -0.3 is 24.2 Å². The molecule has 1 saturated heterocycles. The summed E-state index contributed by atoms with van der Waals surface area (Å²) in [5.41, 5.74) is 0.872. The summed E-state index contributed by atoms with van der Waals surface area (Å²) in [7, 11) is 4.73. The van der Waals surface area contributed by atoms with Crippen LogP contribution in [0.5, 0.6) is 17.2 Å². The highest BCUT2D eigenvalue weighted by molar-refractivity contribution is 5.79. The second kappa shape index (κ2) is 17.6. The molecule has 1 heterocycles. The van der Waals surface area contributed by atoms with E-state index < -0.39 is 0 Å². The number of rotatable bonds is 5. The smallest absolute Gasteiger partial charge is 0.290 e. The number of ether oxygens (including phenoxy) is 3. The van der Waals surface area contributed by atoms with Crippen molar-refractivity contribution in [2.75, 3.05) is 27.9 Å². The van der Waals surface area contributed by atoms with Gasteiger partial charge in [0.05, 0.1) is 27.8 Å². The molecule has 29 heavy (non-hydrogen) atoms. The molecule has 0 aliphatic carbocycles. The molecule has 1 aliphatic heterocycles. The van der Waals surface area contributed by atoms with Crippen LogP contribution in [0, 0.1) is 0 Å². The maximum Gasteiger partial charge on any atom is 0.290 e. The first-order valence-corrected chi connectivity index (χ1v) is 10.2. The minimum absolute atomic E-state index is 0.154. The number of hydrogen-bond acceptors (Lipinski definition) is 5. The van der Waals surface area contributed by atoms with Crippen molar-refractivity contribution in [3.8, 4) is 17.2 Å². The fourth-order valence-corrected chi connectivity index (χ4v) is 2.98. The molecule has 0 bridgehead atoms. The number of carbonyl (C=O) groups is 2. The minimum Gasteiger partial charge on any atom is -0.493 e. The number of carbonyl (C=O) groups excluding carboxylic acids is 1. The quantitative estimate of drug-likeness (QED) is 0.720. The zero-order chi connectivity index (χ0) is 22.8. The predicted molar refractivity (Wildman–Crippen MR) is 116 cm³/mol. The molecular formula is C22H39NO6. The van der Waals surface area contributed by atoms with E-state index in [1.165, 1.54) is 6.42 Å². The maximum atomic E-state index is 12.5. The van der Waals surface area contributed by atoms with Gasteiger partial charge in [-0.15, -0.1) is 0 Å². The second-order valence-electron chi connectivity index (χ2n) is 5.75. The summed E-state index contributed by atoms with van der Waals surface area (Å²) in [4.78, 5) is 22.9. The Morgan fingerprint density at radius 2 is 1.55 bits per heavy atom. The fourth-order valence-electron chi connectivity index (χ4n) is 2.98. The monoisotopic (exact) mass is 413 g/mol. The number of amides is 1. The van der Waals surface area contributed by atoms with E-state index in [2.05, 4.69) is 6.92 Å². The molecule has 7 heteroatoms. The molecule has 7 nitrogen and oxygen atoms in total. The van der Waals surface area contributed by atoms with Crippen LogP contribution in [-0.2, 0) is 16.0 Å². The van der Waals surface area contributed by atoms with E-state index in [1.54, 1.807) is 21.3 Å². The first-order valence-electron chi connectivity index (χ1n) is 10.2. The zero-order valence-corrected chi connectivity index (χ0v) is 19.3. The van der Waals surface area contributed by atoms with Gasteiger partial charge in [0.2, 0.25) is 11.7 Å². The average molecular weight is 414 g/mol. The number of likely N-dealkylation sites (tertiary alicyclic amines) is 1. The fraction of sp³-hybridized carbons (Fsp3) is 0.636. The summed E-state index contributed by atoms with van der Waals surface area (Å²) in [5, 5.41) is 6.89. The van der Waals surface area contributed by atoms with Crippen molar-refractivity contribution in [2.45, 2.75) is 66.3 Å². The number of nitrogens with zero attached hydrogens (tertiary/aromatic N) is 1. The largest absolute Gasteiger partial charge is 0.493 e. The van der Waals surface area contributed by atoms with Crippen molar-refractivity contribution in [2.24, 2.45) is 0 Å². The summed E-state index contributed by atoms with van der Waals surface area (Å²) in [5.74, 6) is 1.86. The standard InChI is InChI=1S/C17H25NO4.2C2H6.CH2O2/c1-12-7-5-6-8-18(12)16(19)11-13-9-14(20-2)17(22-4)15(10-13)21-3;2*1-2;2-1-3/h9-10,12H,5-8,11H2,1-4H3;2*1-2H3;1H,(H,2,3). The van der Waals surface area contributed by atoms with Crippen molar-refractivity contribution in [1.82, 2.24) is 4.90 Å². The molecule has 1 unspecified atom stereocenters. The molecule has 1 aromatic rings. The molecule has 0 saturated carbocycles. The van der Waals surface area contributed by atoms with Crippen LogP contribution in [0.15, 0.2) is 12.1 Å². The van der Waals surface area contributed by atoms with Crippen LogP contribution in [0.2, 0.25) is 0 Å². The molecule has 1 fully saturated rings. The van der Waals surface area contributed by atoms with Gasteiger partial charge in [0.25, 0.3) is 6.47 Å². The normalized spacial score (nSPS) is 14.5.